The minimum absolute atomic E-state index is 0.183. The molecule has 1 unspecified atom stereocenters. The molecule has 4 rings (SSSR count). The second-order valence-corrected chi connectivity index (χ2v) is 8.80. The van der Waals surface area contributed by atoms with Crippen molar-refractivity contribution < 1.29 is 23.0 Å². The van der Waals surface area contributed by atoms with Gasteiger partial charge in [0.05, 0.1) is 10.4 Å². The summed E-state index contributed by atoms with van der Waals surface area (Å²) in [6, 6.07) is 14.2. The van der Waals surface area contributed by atoms with Crippen molar-refractivity contribution in [2.24, 2.45) is 0 Å². The number of rotatable bonds is 5. The minimum atomic E-state index is -4.39. The van der Waals surface area contributed by atoms with Gasteiger partial charge in [-0.2, -0.15) is 13.2 Å². The lowest BCUT2D eigenvalue weighted by atomic mass is 9.87. The number of nitrogens with zero attached hydrogens (tertiary/aromatic N) is 1. The molecule has 1 saturated heterocycles. The smallest absolute Gasteiger partial charge is 0.364 e. The van der Waals surface area contributed by atoms with Crippen LogP contribution < -0.4 is 0 Å². The maximum atomic E-state index is 13.1. The van der Waals surface area contributed by atoms with Gasteiger partial charge in [-0.3, -0.25) is 4.90 Å². The van der Waals surface area contributed by atoms with Crippen LogP contribution in [0.1, 0.15) is 46.6 Å². The first-order chi connectivity index (χ1) is 14.4. The summed E-state index contributed by atoms with van der Waals surface area (Å²) < 4.78 is 45.1. The van der Waals surface area contributed by atoms with Gasteiger partial charge < -0.3 is 9.84 Å². The van der Waals surface area contributed by atoms with Crippen molar-refractivity contribution in [3.05, 3.63) is 70.1 Å². The summed E-state index contributed by atoms with van der Waals surface area (Å²) in [6.07, 6.45) is -3.73. The van der Waals surface area contributed by atoms with E-state index in [0.29, 0.717) is 9.58 Å². The van der Waals surface area contributed by atoms with E-state index in [0.717, 1.165) is 49.5 Å². The van der Waals surface area contributed by atoms with Crippen molar-refractivity contribution in [3.63, 3.8) is 0 Å². The molecule has 1 atom stereocenters. The van der Waals surface area contributed by atoms with E-state index >= 15 is 0 Å². The fourth-order valence-electron chi connectivity index (χ4n) is 4.24. The lowest BCUT2D eigenvalue weighted by Gasteiger charge is -2.32. The molecule has 1 aliphatic heterocycles. The zero-order chi connectivity index (χ0) is 21.3. The maximum Gasteiger partial charge on any atom is 0.416 e. The number of thiophene rings is 1. The van der Waals surface area contributed by atoms with Crippen LogP contribution in [0, 0.1) is 0 Å². The Balaban J connectivity index is 1.60. The first-order valence-corrected chi connectivity index (χ1v) is 10.8. The third-order valence-electron chi connectivity index (χ3n) is 5.78. The minimum Gasteiger partial charge on any atom is -0.364 e. The Morgan fingerprint density at radius 2 is 1.83 bits per heavy atom. The number of benzene rings is 2. The van der Waals surface area contributed by atoms with E-state index in [1.807, 2.05) is 18.2 Å². The highest BCUT2D eigenvalue weighted by atomic mass is 32.1. The Bertz CT molecular complexity index is 995. The molecule has 7 heteroatoms. The summed E-state index contributed by atoms with van der Waals surface area (Å²) in [5.41, 5.74) is 1.54. The Kier molecular flexibility index (Phi) is 6.16. The van der Waals surface area contributed by atoms with Crippen LogP contribution in [0.15, 0.2) is 48.5 Å². The van der Waals surface area contributed by atoms with E-state index in [-0.39, 0.29) is 5.92 Å². The quantitative estimate of drug-likeness (QED) is 0.504. The predicted octanol–water partition coefficient (Wildman–Crippen LogP) is 5.94. The Morgan fingerprint density at radius 1 is 1.13 bits per heavy atom. The topological polar surface area (TPSA) is 32.7 Å². The number of alkyl halides is 3. The van der Waals surface area contributed by atoms with E-state index in [1.54, 1.807) is 6.07 Å². The fourth-order valence-corrected chi connectivity index (χ4v) is 5.54. The van der Waals surface area contributed by atoms with Gasteiger partial charge in [-0.05, 0) is 60.5 Å². The van der Waals surface area contributed by atoms with Crippen molar-refractivity contribution >= 4 is 21.4 Å². The molecule has 3 aromatic rings. The summed E-state index contributed by atoms with van der Waals surface area (Å²) in [6.45, 7) is 2.69. The molecule has 1 fully saturated rings. The average Bonchev–Trinajstić information content (AvgIpc) is 3.13. The molecular formula is C23H24F3NO2S. The zero-order valence-electron chi connectivity index (χ0n) is 16.7. The Labute approximate surface area is 177 Å². The number of hydrogen-bond acceptors (Lipinski definition) is 4. The average molecular weight is 436 g/mol. The molecule has 3 nitrogen and oxygen atoms in total. The molecule has 0 radical (unpaired) electrons. The normalized spacial score (nSPS) is 17.5. The van der Waals surface area contributed by atoms with E-state index in [9.17, 15) is 18.3 Å². The zero-order valence-corrected chi connectivity index (χ0v) is 17.5. The van der Waals surface area contributed by atoms with E-state index < -0.39 is 18.0 Å². The van der Waals surface area contributed by atoms with Crippen LogP contribution in [0.25, 0.3) is 10.1 Å². The number of hydrogen-bond donors (Lipinski definition) is 1. The number of halogens is 3. The third kappa shape index (κ3) is 4.39. The molecule has 0 aliphatic carbocycles. The second-order valence-electron chi connectivity index (χ2n) is 7.71. The molecule has 2 heterocycles. The molecule has 0 bridgehead atoms. The number of piperidine rings is 1. The fraction of sp³-hybridized carbons (Fsp3) is 0.391. The summed E-state index contributed by atoms with van der Waals surface area (Å²) in [7, 11) is 1.41. The van der Waals surface area contributed by atoms with E-state index in [1.165, 1.54) is 30.1 Å². The van der Waals surface area contributed by atoms with Crippen molar-refractivity contribution in [2.45, 2.75) is 37.8 Å². The van der Waals surface area contributed by atoms with Gasteiger partial charge in [-0.15, -0.1) is 11.3 Å². The number of fused-ring (bicyclic) bond motifs is 1. The lowest BCUT2D eigenvalue weighted by Crippen LogP contribution is -2.32. The van der Waals surface area contributed by atoms with Gasteiger partial charge in [-0.25, -0.2) is 0 Å². The van der Waals surface area contributed by atoms with Crippen LogP contribution in [-0.2, 0) is 17.5 Å². The highest BCUT2D eigenvalue weighted by Gasteiger charge is 2.33. The highest BCUT2D eigenvalue weighted by Crippen LogP contribution is 2.45. The number of aliphatic hydroxyl groups excluding tert-OH is 1. The lowest BCUT2D eigenvalue weighted by molar-refractivity contribution is -0.137. The maximum absolute atomic E-state index is 13.1. The number of methoxy groups -OCH3 is 1. The molecule has 0 amide bonds. The summed E-state index contributed by atoms with van der Waals surface area (Å²) in [5, 5.41) is 11.2. The largest absolute Gasteiger partial charge is 0.416 e. The van der Waals surface area contributed by atoms with Gasteiger partial charge in [0.15, 0.2) is 6.29 Å². The molecule has 1 N–H and O–H groups in total. The first kappa shape index (κ1) is 21.3. The monoisotopic (exact) mass is 435 g/mol. The second kappa shape index (κ2) is 8.67. The van der Waals surface area contributed by atoms with Gasteiger partial charge in [0.25, 0.3) is 0 Å². The van der Waals surface area contributed by atoms with Crippen LogP contribution in [0.3, 0.4) is 0 Å². The molecule has 2 aromatic carbocycles. The van der Waals surface area contributed by atoms with Crippen molar-refractivity contribution in [1.29, 1.82) is 0 Å². The Hall–Kier alpha value is -1.93. The van der Waals surface area contributed by atoms with Crippen LogP contribution in [0.2, 0.25) is 0 Å². The number of aliphatic hydroxyl groups is 1. The van der Waals surface area contributed by atoms with Crippen molar-refractivity contribution in [2.75, 3.05) is 20.2 Å². The molecule has 1 aromatic heterocycles. The Morgan fingerprint density at radius 3 is 2.47 bits per heavy atom. The van der Waals surface area contributed by atoms with E-state index in [2.05, 4.69) is 17.0 Å². The van der Waals surface area contributed by atoms with Gasteiger partial charge in [-0.1, -0.05) is 36.4 Å². The van der Waals surface area contributed by atoms with Crippen molar-refractivity contribution in [3.8, 4) is 0 Å². The summed E-state index contributed by atoms with van der Waals surface area (Å²) in [5.74, 6) is 0.183. The van der Waals surface area contributed by atoms with Crippen LogP contribution in [-0.4, -0.2) is 30.2 Å². The molecule has 1 aliphatic rings. The number of ether oxygens (including phenoxy) is 1. The van der Waals surface area contributed by atoms with E-state index in [4.69, 9.17) is 4.74 Å². The SMILES string of the molecule is COC(O)c1sc2cc(C(F)(F)F)ccc2c1C1CCN(Cc2ccccc2)CC1. The van der Waals surface area contributed by atoms with Gasteiger partial charge in [0.1, 0.15) is 0 Å². The molecule has 0 saturated carbocycles. The van der Waals surface area contributed by atoms with Crippen LogP contribution >= 0.6 is 11.3 Å². The van der Waals surface area contributed by atoms with Gasteiger partial charge in [0.2, 0.25) is 0 Å². The predicted molar refractivity (Wildman–Crippen MR) is 112 cm³/mol. The van der Waals surface area contributed by atoms with Gasteiger partial charge in [0, 0.05) is 18.4 Å². The summed E-state index contributed by atoms with van der Waals surface area (Å²) >= 11 is 1.20. The highest BCUT2D eigenvalue weighted by molar-refractivity contribution is 7.19. The first-order valence-electron chi connectivity index (χ1n) is 9.97. The molecule has 160 valence electrons. The van der Waals surface area contributed by atoms with Crippen LogP contribution in [0.5, 0.6) is 0 Å². The van der Waals surface area contributed by atoms with Gasteiger partial charge >= 0.3 is 6.18 Å². The third-order valence-corrected chi connectivity index (χ3v) is 6.98. The molecule has 30 heavy (non-hydrogen) atoms. The number of likely N-dealkylation sites (tertiary alicyclic amines) is 1. The standard InChI is InChI=1S/C23H24F3NO2S/c1-29-22(28)21-20(18-8-7-17(23(24,25)26)13-19(18)30-21)16-9-11-27(12-10-16)14-15-5-3-2-4-6-15/h2-8,13,16,22,28H,9-12,14H2,1H3. The van der Waals surface area contributed by atoms with Crippen LogP contribution in [0.4, 0.5) is 13.2 Å². The molecular weight excluding hydrogens is 411 g/mol. The molecule has 0 spiro atoms. The van der Waals surface area contributed by atoms with Crippen molar-refractivity contribution in [1.82, 2.24) is 4.90 Å². The summed E-state index contributed by atoms with van der Waals surface area (Å²) in [4.78, 5) is 3.02.